The Hall–Kier alpha value is -0.670. The van der Waals surface area contributed by atoms with E-state index in [2.05, 4.69) is 31.4 Å². The summed E-state index contributed by atoms with van der Waals surface area (Å²) in [5.74, 6) is 0. The van der Waals surface area contributed by atoms with Gasteiger partial charge >= 0.3 is 0 Å². The number of rotatable bonds is 2. The second kappa shape index (κ2) is 3.83. The Morgan fingerprint density at radius 3 is 2.86 bits per heavy atom. The number of thioether (sulfide) groups is 1. The van der Waals surface area contributed by atoms with E-state index in [1.165, 1.54) is 20.5 Å². The van der Waals surface area contributed by atoms with Gasteiger partial charge in [-0.05, 0) is 30.4 Å². The minimum absolute atomic E-state index is 0.913. The molecule has 0 aliphatic heterocycles. The molecule has 3 heteroatoms. The van der Waals surface area contributed by atoms with Gasteiger partial charge in [-0.25, -0.2) is 0 Å². The topological polar surface area (TPSA) is 26.0 Å². The summed E-state index contributed by atoms with van der Waals surface area (Å²) < 4.78 is 1.36. The molecule has 0 bridgehead atoms. The molecule has 0 saturated heterocycles. The van der Waals surface area contributed by atoms with Gasteiger partial charge in [0.25, 0.3) is 0 Å². The molecule has 1 nitrogen and oxygen atoms in total. The van der Waals surface area contributed by atoms with Crippen LogP contribution in [0.4, 0.5) is 5.00 Å². The van der Waals surface area contributed by atoms with E-state index >= 15 is 0 Å². The smallest absolute Gasteiger partial charge is 0.0869 e. The van der Waals surface area contributed by atoms with Crippen molar-refractivity contribution in [1.82, 2.24) is 0 Å². The Balaban J connectivity index is 2.77. The summed E-state index contributed by atoms with van der Waals surface area (Å²) in [5.41, 5.74) is 7.25. The molecule has 0 saturated carbocycles. The van der Waals surface area contributed by atoms with Gasteiger partial charge in [0.1, 0.15) is 0 Å². The van der Waals surface area contributed by atoms with Crippen LogP contribution in [-0.4, -0.2) is 6.26 Å². The normalized spacial score (nSPS) is 11.0. The van der Waals surface area contributed by atoms with Crippen LogP contribution in [0.2, 0.25) is 0 Å². The van der Waals surface area contributed by atoms with Crippen LogP contribution in [0.15, 0.2) is 23.1 Å². The molecule has 0 fully saturated rings. The van der Waals surface area contributed by atoms with Gasteiger partial charge in [0.15, 0.2) is 0 Å². The third kappa shape index (κ3) is 1.51. The van der Waals surface area contributed by atoms with Crippen LogP contribution in [0.1, 0.15) is 12.5 Å². The molecular formula is C11H13NS2. The van der Waals surface area contributed by atoms with E-state index in [1.807, 2.05) is 0 Å². The SMILES string of the molecule is CCc1ccc(SC)c2cc(N)sc12. The van der Waals surface area contributed by atoms with Crippen molar-refractivity contribution in [3.63, 3.8) is 0 Å². The van der Waals surface area contributed by atoms with E-state index in [9.17, 15) is 0 Å². The minimum atomic E-state index is 0.913. The number of nitrogen functional groups attached to an aromatic ring is 1. The zero-order valence-electron chi connectivity index (χ0n) is 8.33. The molecule has 2 N–H and O–H groups in total. The molecule has 74 valence electrons. The Bertz CT molecular complexity index is 419. The first kappa shape index (κ1) is 9.87. The molecule has 2 rings (SSSR count). The standard InChI is InChI=1S/C11H13NS2/c1-3-7-4-5-9(13-2)8-6-10(12)14-11(7)8/h4-6H,3,12H2,1-2H3. The lowest BCUT2D eigenvalue weighted by molar-refractivity contribution is 1.16. The fraction of sp³-hybridized carbons (Fsp3) is 0.273. The summed E-state index contributed by atoms with van der Waals surface area (Å²) in [5, 5.41) is 2.23. The highest BCUT2D eigenvalue weighted by atomic mass is 32.2. The maximum atomic E-state index is 5.85. The number of fused-ring (bicyclic) bond motifs is 1. The predicted molar refractivity (Wildman–Crippen MR) is 67.4 cm³/mol. The van der Waals surface area contributed by atoms with E-state index in [0.717, 1.165) is 11.4 Å². The van der Waals surface area contributed by atoms with Crippen LogP contribution in [0.5, 0.6) is 0 Å². The van der Waals surface area contributed by atoms with Crippen molar-refractivity contribution in [2.75, 3.05) is 12.0 Å². The second-order valence-electron chi connectivity index (χ2n) is 3.17. The Labute approximate surface area is 92.3 Å². The highest BCUT2D eigenvalue weighted by molar-refractivity contribution is 7.98. The zero-order chi connectivity index (χ0) is 10.1. The first-order chi connectivity index (χ1) is 6.76. The van der Waals surface area contributed by atoms with Gasteiger partial charge in [0.05, 0.1) is 5.00 Å². The summed E-state index contributed by atoms with van der Waals surface area (Å²) in [7, 11) is 0. The lowest BCUT2D eigenvalue weighted by Crippen LogP contribution is -1.80. The van der Waals surface area contributed by atoms with Crippen molar-refractivity contribution < 1.29 is 0 Å². The fourth-order valence-electron chi connectivity index (χ4n) is 1.63. The summed E-state index contributed by atoms with van der Waals surface area (Å²) in [4.78, 5) is 1.32. The number of hydrogen-bond acceptors (Lipinski definition) is 3. The molecule has 14 heavy (non-hydrogen) atoms. The van der Waals surface area contributed by atoms with Crippen molar-refractivity contribution in [3.8, 4) is 0 Å². The van der Waals surface area contributed by atoms with E-state index < -0.39 is 0 Å². The average molecular weight is 223 g/mol. The number of aryl methyl sites for hydroxylation is 1. The third-order valence-electron chi connectivity index (χ3n) is 2.34. The molecule has 0 unspecified atom stereocenters. The Kier molecular flexibility index (Phi) is 2.70. The van der Waals surface area contributed by atoms with Gasteiger partial charge in [0.2, 0.25) is 0 Å². The summed E-state index contributed by atoms with van der Waals surface area (Å²) in [6.45, 7) is 2.18. The van der Waals surface area contributed by atoms with Gasteiger partial charge in [-0.1, -0.05) is 13.0 Å². The molecule has 0 atom stereocenters. The quantitative estimate of drug-likeness (QED) is 0.784. The zero-order valence-corrected chi connectivity index (χ0v) is 9.97. The van der Waals surface area contributed by atoms with Crippen LogP contribution in [-0.2, 0) is 6.42 Å². The maximum Gasteiger partial charge on any atom is 0.0869 e. The fourth-order valence-corrected chi connectivity index (χ4v) is 3.31. The second-order valence-corrected chi connectivity index (χ2v) is 5.10. The molecule has 0 aliphatic rings. The number of nitrogens with two attached hydrogens (primary N) is 1. The minimum Gasteiger partial charge on any atom is -0.391 e. The molecular weight excluding hydrogens is 210 g/mol. The van der Waals surface area contributed by atoms with Crippen LogP contribution < -0.4 is 5.73 Å². The van der Waals surface area contributed by atoms with Crippen LogP contribution in [0.25, 0.3) is 10.1 Å². The van der Waals surface area contributed by atoms with E-state index in [0.29, 0.717) is 0 Å². The van der Waals surface area contributed by atoms with Gasteiger partial charge < -0.3 is 5.73 Å². The lowest BCUT2D eigenvalue weighted by atomic mass is 10.1. The molecule has 0 amide bonds. The van der Waals surface area contributed by atoms with E-state index in [-0.39, 0.29) is 0 Å². The highest BCUT2D eigenvalue weighted by Gasteiger charge is 2.07. The average Bonchev–Trinajstić information content (AvgIpc) is 2.57. The largest absolute Gasteiger partial charge is 0.391 e. The van der Waals surface area contributed by atoms with Gasteiger partial charge in [-0.3, -0.25) is 0 Å². The van der Waals surface area contributed by atoms with Crippen molar-refractivity contribution in [2.45, 2.75) is 18.2 Å². The third-order valence-corrected chi connectivity index (χ3v) is 4.18. The Morgan fingerprint density at radius 1 is 1.43 bits per heavy atom. The lowest BCUT2D eigenvalue weighted by Gasteiger charge is -2.02. The molecule has 0 spiro atoms. The van der Waals surface area contributed by atoms with Gasteiger partial charge in [-0.15, -0.1) is 23.1 Å². The number of benzene rings is 1. The first-order valence-electron chi connectivity index (χ1n) is 4.61. The van der Waals surface area contributed by atoms with Crippen molar-refractivity contribution in [1.29, 1.82) is 0 Å². The van der Waals surface area contributed by atoms with Gasteiger partial charge in [-0.2, -0.15) is 0 Å². The molecule has 0 radical (unpaired) electrons. The van der Waals surface area contributed by atoms with Crippen molar-refractivity contribution in [3.05, 3.63) is 23.8 Å². The summed E-state index contributed by atoms with van der Waals surface area (Å²) >= 11 is 3.48. The molecule has 1 aromatic heterocycles. The first-order valence-corrected chi connectivity index (χ1v) is 6.65. The van der Waals surface area contributed by atoms with Crippen molar-refractivity contribution in [2.24, 2.45) is 0 Å². The van der Waals surface area contributed by atoms with Gasteiger partial charge in [0, 0.05) is 15.0 Å². The van der Waals surface area contributed by atoms with Crippen LogP contribution >= 0.6 is 23.1 Å². The highest BCUT2D eigenvalue weighted by Crippen LogP contribution is 2.36. The van der Waals surface area contributed by atoms with E-state index in [1.54, 1.807) is 23.1 Å². The molecule has 1 aromatic carbocycles. The monoisotopic (exact) mass is 223 g/mol. The molecule has 0 aliphatic carbocycles. The number of hydrogen-bond donors (Lipinski definition) is 1. The molecule has 1 heterocycles. The number of anilines is 1. The van der Waals surface area contributed by atoms with Crippen molar-refractivity contribution >= 4 is 38.2 Å². The Morgan fingerprint density at radius 2 is 2.21 bits per heavy atom. The maximum absolute atomic E-state index is 5.85. The van der Waals surface area contributed by atoms with Crippen LogP contribution in [0, 0.1) is 0 Å². The summed E-state index contributed by atoms with van der Waals surface area (Å²) in [6, 6.07) is 6.49. The summed E-state index contributed by atoms with van der Waals surface area (Å²) in [6.07, 6.45) is 3.18. The molecule has 2 aromatic rings. The number of thiophene rings is 1. The predicted octanol–water partition coefficient (Wildman–Crippen LogP) is 3.77. The van der Waals surface area contributed by atoms with E-state index in [4.69, 9.17) is 5.73 Å². The van der Waals surface area contributed by atoms with Crippen LogP contribution in [0.3, 0.4) is 0 Å².